The van der Waals surface area contributed by atoms with Gasteiger partial charge in [-0.2, -0.15) is 0 Å². The monoisotopic (exact) mass is 476 g/mol. The number of aromatic nitrogens is 1. The molecule has 176 valence electrons. The van der Waals surface area contributed by atoms with Crippen LogP contribution in [0.1, 0.15) is 17.5 Å². The summed E-state index contributed by atoms with van der Waals surface area (Å²) in [7, 11) is 0. The number of likely N-dealkylation sites (tertiary alicyclic amines) is 1. The van der Waals surface area contributed by atoms with Crippen molar-refractivity contribution < 1.29 is 14.3 Å². The summed E-state index contributed by atoms with van der Waals surface area (Å²) in [5, 5.41) is 6.05. The van der Waals surface area contributed by atoms with Gasteiger partial charge in [0, 0.05) is 49.2 Å². The summed E-state index contributed by atoms with van der Waals surface area (Å²) in [6.07, 6.45) is 0.249. The van der Waals surface area contributed by atoms with Crippen molar-refractivity contribution in [3.63, 3.8) is 0 Å². The van der Waals surface area contributed by atoms with Crippen LogP contribution >= 0.6 is 11.3 Å². The molecule has 2 amide bonds. The van der Waals surface area contributed by atoms with E-state index in [9.17, 15) is 9.59 Å². The predicted molar refractivity (Wildman–Crippen MR) is 134 cm³/mol. The first-order valence-corrected chi connectivity index (χ1v) is 12.5. The number of thiazole rings is 1. The number of hydrogen-bond acceptors (Lipinski definition) is 6. The fourth-order valence-electron chi connectivity index (χ4n) is 4.28. The molecule has 0 bridgehead atoms. The average Bonchev–Trinajstić information content (AvgIpc) is 3.49. The number of ether oxygens (including phenoxy) is 1. The minimum atomic E-state index is -0.341. The van der Waals surface area contributed by atoms with Gasteiger partial charge in [-0.25, -0.2) is 4.98 Å². The first-order chi connectivity index (χ1) is 16.5. The molecule has 2 aliphatic heterocycles. The molecule has 0 radical (unpaired) electrons. The number of carbonyl (C=O) groups is 2. The van der Waals surface area contributed by atoms with Crippen LogP contribution in [-0.4, -0.2) is 54.5 Å². The Balaban J connectivity index is 1.17. The first-order valence-electron chi connectivity index (χ1n) is 11.6. The van der Waals surface area contributed by atoms with Crippen LogP contribution < -0.4 is 10.2 Å². The number of nitrogens with one attached hydrogen (secondary N) is 1. The summed E-state index contributed by atoms with van der Waals surface area (Å²) >= 11 is 1.64. The molecule has 34 heavy (non-hydrogen) atoms. The molecule has 2 aromatic carbocycles. The van der Waals surface area contributed by atoms with Crippen molar-refractivity contribution in [2.24, 2.45) is 5.92 Å². The maximum Gasteiger partial charge on any atom is 0.229 e. The summed E-state index contributed by atoms with van der Waals surface area (Å²) in [5.41, 5.74) is 4.93. The normalized spacial score (nSPS) is 18.4. The highest BCUT2D eigenvalue weighted by atomic mass is 32.1. The molecule has 0 unspecified atom stereocenters. The van der Waals surface area contributed by atoms with E-state index >= 15 is 0 Å². The van der Waals surface area contributed by atoms with E-state index in [2.05, 4.69) is 15.6 Å². The number of hydrogen-bond donors (Lipinski definition) is 1. The Hall–Kier alpha value is -3.23. The zero-order valence-electron chi connectivity index (χ0n) is 19.2. The topological polar surface area (TPSA) is 74.8 Å². The molecule has 0 spiro atoms. The molecule has 1 aromatic heterocycles. The van der Waals surface area contributed by atoms with Gasteiger partial charge < -0.3 is 19.9 Å². The van der Waals surface area contributed by atoms with Gasteiger partial charge in [-0.05, 0) is 24.6 Å². The Morgan fingerprint density at radius 2 is 1.85 bits per heavy atom. The Morgan fingerprint density at radius 3 is 2.59 bits per heavy atom. The molecule has 1 N–H and O–H groups in total. The molecular formula is C26H28N4O3S. The van der Waals surface area contributed by atoms with Crippen molar-refractivity contribution in [3.8, 4) is 11.3 Å². The second-order valence-electron chi connectivity index (χ2n) is 8.84. The van der Waals surface area contributed by atoms with Gasteiger partial charge in [0.2, 0.25) is 11.8 Å². The summed E-state index contributed by atoms with van der Waals surface area (Å²) in [4.78, 5) is 34.1. The van der Waals surface area contributed by atoms with E-state index in [0.29, 0.717) is 13.1 Å². The molecular weight excluding hydrogens is 448 g/mol. The van der Waals surface area contributed by atoms with Crippen LogP contribution in [0.3, 0.4) is 0 Å². The van der Waals surface area contributed by atoms with Crippen molar-refractivity contribution in [1.82, 2.24) is 9.88 Å². The Labute approximate surface area is 203 Å². The third-order valence-electron chi connectivity index (χ3n) is 6.30. The number of carbonyl (C=O) groups excluding carboxylic acids is 2. The lowest BCUT2D eigenvalue weighted by atomic mass is 10.1. The SMILES string of the molecule is Cc1ccc(CN2C[C@@H](C(=O)Nc3ccc(-c4csc(N5CCOCC5)n4)cc3)CC2=O)cc1. The number of benzene rings is 2. The van der Waals surface area contributed by atoms with Gasteiger partial charge in [0.1, 0.15) is 0 Å². The second kappa shape index (κ2) is 9.95. The van der Waals surface area contributed by atoms with E-state index in [0.717, 1.165) is 53.9 Å². The molecule has 2 aliphatic rings. The van der Waals surface area contributed by atoms with Crippen LogP contribution in [0.5, 0.6) is 0 Å². The zero-order valence-corrected chi connectivity index (χ0v) is 20.0. The van der Waals surface area contributed by atoms with Gasteiger partial charge in [0.05, 0.1) is 24.8 Å². The molecule has 0 aliphatic carbocycles. The fraction of sp³-hybridized carbons (Fsp3) is 0.346. The van der Waals surface area contributed by atoms with Gasteiger partial charge in [0.15, 0.2) is 5.13 Å². The minimum Gasteiger partial charge on any atom is -0.378 e. The third kappa shape index (κ3) is 5.13. The number of amides is 2. The predicted octanol–water partition coefficient (Wildman–Crippen LogP) is 3.94. The summed E-state index contributed by atoms with van der Waals surface area (Å²) in [5.74, 6) is -0.432. The van der Waals surface area contributed by atoms with Gasteiger partial charge in [-0.15, -0.1) is 11.3 Å². The maximum absolute atomic E-state index is 12.8. The van der Waals surface area contributed by atoms with Crippen LogP contribution in [0.25, 0.3) is 11.3 Å². The third-order valence-corrected chi connectivity index (χ3v) is 7.20. The maximum atomic E-state index is 12.8. The average molecular weight is 477 g/mol. The fourth-order valence-corrected chi connectivity index (χ4v) is 5.17. The van der Waals surface area contributed by atoms with Crippen LogP contribution in [-0.2, 0) is 20.9 Å². The number of anilines is 2. The molecule has 0 saturated carbocycles. The van der Waals surface area contributed by atoms with E-state index in [1.807, 2.05) is 55.5 Å². The standard InChI is InChI=1S/C26H28N4O3S/c1-18-2-4-19(5-3-18)15-30-16-21(14-24(30)31)25(32)27-22-8-6-20(7-9-22)23-17-34-26(28-23)29-10-12-33-13-11-29/h2-9,17,21H,10-16H2,1H3,(H,27,32)/t21-/m0/s1. The van der Waals surface area contributed by atoms with Gasteiger partial charge in [0.25, 0.3) is 0 Å². The molecule has 3 heterocycles. The summed E-state index contributed by atoms with van der Waals surface area (Å²) in [6, 6.07) is 15.9. The minimum absolute atomic E-state index is 0.0238. The molecule has 1 atom stereocenters. The van der Waals surface area contributed by atoms with E-state index < -0.39 is 0 Å². The summed E-state index contributed by atoms with van der Waals surface area (Å²) in [6.45, 7) is 6.22. The van der Waals surface area contributed by atoms with E-state index in [4.69, 9.17) is 9.72 Å². The van der Waals surface area contributed by atoms with E-state index in [1.165, 1.54) is 5.56 Å². The lowest BCUT2D eigenvalue weighted by molar-refractivity contribution is -0.128. The number of nitrogens with zero attached hydrogens (tertiary/aromatic N) is 3. The first kappa shape index (κ1) is 22.6. The summed E-state index contributed by atoms with van der Waals surface area (Å²) < 4.78 is 5.42. The van der Waals surface area contributed by atoms with Crippen molar-refractivity contribution in [3.05, 3.63) is 65.0 Å². The molecule has 5 rings (SSSR count). The molecule has 2 saturated heterocycles. The molecule has 3 aromatic rings. The van der Waals surface area contributed by atoms with Gasteiger partial charge in [-0.1, -0.05) is 42.0 Å². The number of aryl methyl sites for hydroxylation is 1. The molecule has 2 fully saturated rings. The van der Waals surface area contributed by atoms with Crippen LogP contribution in [0.15, 0.2) is 53.9 Å². The van der Waals surface area contributed by atoms with E-state index in [1.54, 1.807) is 16.2 Å². The highest BCUT2D eigenvalue weighted by Gasteiger charge is 2.34. The molecule has 7 nitrogen and oxygen atoms in total. The molecule has 8 heteroatoms. The Morgan fingerprint density at radius 1 is 1.12 bits per heavy atom. The Kier molecular flexibility index (Phi) is 6.60. The van der Waals surface area contributed by atoms with Gasteiger partial charge in [-0.3, -0.25) is 9.59 Å². The lowest BCUT2D eigenvalue weighted by Gasteiger charge is -2.26. The number of morpholine rings is 1. The van der Waals surface area contributed by atoms with Crippen molar-refractivity contribution in [2.45, 2.75) is 19.9 Å². The van der Waals surface area contributed by atoms with E-state index in [-0.39, 0.29) is 24.2 Å². The van der Waals surface area contributed by atoms with Crippen LogP contribution in [0.2, 0.25) is 0 Å². The number of rotatable bonds is 6. The Bertz CT molecular complexity index is 1150. The lowest BCUT2D eigenvalue weighted by Crippen LogP contribution is -2.36. The van der Waals surface area contributed by atoms with Crippen LogP contribution in [0.4, 0.5) is 10.8 Å². The highest BCUT2D eigenvalue weighted by molar-refractivity contribution is 7.14. The zero-order chi connectivity index (χ0) is 23.5. The second-order valence-corrected chi connectivity index (χ2v) is 9.68. The quantitative estimate of drug-likeness (QED) is 0.583. The van der Waals surface area contributed by atoms with Crippen LogP contribution in [0, 0.1) is 12.8 Å². The van der Waals surface area contributed by atoms with Gasteiger partial charge >= 0.3 is 0 Å². The highest BCUT2D eigenvalue weighted by Crippen LogP contribution is 2.29. The van der Waals surface area contributed by atoms with Crippen molar-refractivity contribution in [1.29, 1.82) is 0 Å². The van der Waals surface area contributed by atoms with Crippen molar-refractivity contribution in [2.75, 3.05) is 43.1 Å². The van der Waals surface area contributed by atoms with Crippen molar-refractivity contribution >= 4 is 34.0 Å². The largest absolute Gasteiger partial charge is 0.378 e. The smallest absolute Gasteiger partial charge is 0.229 e.